The van der Waals surface area contributed by atoms with Crippen molar-refractivity contribution in [3.63, 3.8) is 0 Å². The summed E-state index contributed by atoms with van der Waals surface area (Å²) in [4.78, 5) is 0. The van der Waals surface area contributed by atoms with Crippen molar-refractivity contribution in [3.05, 3.63) is 29.3 Å². The van der Waals surface area contributed by atoms with E-state index in [9.17, 15) is 5.11 Å². The predicted molar refractivity (Wildman–Crippen MR) is 79.4 cm³/mol. The Morgan fingerprint density at radius 3 is 2.94 bits per heavy atom. The Morgan fingerprint density at radius 2 is 2.28 bits per heavy atom. The number of benzene rings is 1. The van der Waals surface area contributed by atoms with Gasteiger partial charge in [0.05, 0.1) is 0 Å². The molecular formula is C15H23NOS. The first-order valence-electron chi connectivity index (χ1n) is 6.67. The fraction of sp³-hybridized carbons (Fsp3) is 0.600. The van der Waals surface area contributed by atoms with Crippen LogP contribution in [0.2, 0.25) is 0 Å². The molecule has 2 N–H and O–H groups in total. The third kappa shape index (κ3) is 3.21. The van der Waals surface area contributed by atoms with E-state index in [-0.39, 0.29) is 6.04 Å². The number of nitrogens with one attached hydrogen (secondary N) is 1. The van der Waals surface area contributed by atoms with Gasteiger partial charge in [-0.25, -0.2) is 0 Å². The molecule has 2 unspecified atom stereocenters. The zero-order valence-corrected chi connectivity index (χ0v) is 12.3. The summed E-state index contributed by atoms with van der Waals surface area (Å²) in [5, 5.41) is 13.5. The molecule has 1 saturated heterocycles. The fourth-order valence-corrected chi connectivity index (χ4v) is 3.73. The van der Waals surface area contributed by atoms with Gasteiger partial charge in [-0.1, -0.05) is 17.7 Å². The molecule has 0 radical (unpaired) electrons. The summed E-state index contributed by atoms with van der Waals surface area (Å²) in [6.45, 7) is 7.52. The summed E-state index contributed by atoms with van der Waals surface area (Å²) in [7, 11) is 0. The normalized spacial score (nSPS) is 25.3. The lowest BCUT2D eigenvalue weighted by atomic mass is 10.0. The molecule has 0 bridgehead atoms. The Hall–Kier alpha value is -0.670. The van der Waals surface area contributed by atoms with E-state index in [2.05, 4.69) is 43.9 Å². The fourth-order valence-electron chi connectivity index (χ4n) is 2.48. The van der Waals surface area contributed by atoms with E-state index in [0.29, 0.717) is 10.5 Å². The maximum Gasteiger partial charge on any atom is 0.120 e. The van der Waals surface area contributed by atoms with Crippen LogP contribution in [-0.2, 0) is 0 Å². The second kappa shape index (κ2) is 5.54. The standard InChI is InChI=1S/C15H23NOS/c1-11-5-6-14(17)13(9-11)12(2)16-10-15(3)7-4-8-18-15/h5-6,9,12,16-17H,4,7-8,10H2,1-3H3. The molecule has 2 rings (SSSR count). The number of hydrogen-bond donors (Lipinski definition) is 2. The quantitative estimate of drug-likeness (QED) is 0.872. The maximum atomic E-state index is 9.92. The highest BCUT2D eigenvalue weighted by Gasteiger charge is 2.29. The van der Waals surface area contributed by atoms with Crippen molar-refractivity contribution in [2.75, 3.05) is 12.3 Å². The van der Waals surface area contributed by atoms with Crippen molar-refractivity contribution in [2.45, 2.75) is 44.4 Å². The Balaban J connectivity index is 1.99. The molecule has 0 spiro atoms. The van der Waals surface area contributed by atoms with Gasteiger partial charge in [0, 0.05) is 22.9 Å². The molecule has 0 saturated carbocycles. The van der Waals surface area contributed by atoms with Gasteiger partial charge in [-0.05, 0) is 45.4 Å². The van der Waals surface area contributed by atoms with Crippen LogP contribution in [0, 0.1) is 6.92 Å². The molecule has 1 fully saturated rings. The first-order valence-corrected chi connectivity index (χ1v) is 7.66. The maximum absolute atomic E-state index is 9.92. The van der Waals surface area contributed by atoms with Crippen LogP contribution in [0.15, 0.2) is 18.2 Å². The number of hydrogen-bond acceptors (Lipinski definition) is 3. The largest absolute Gasteiger partial charge is 0.508 e. The van der Waals surface area contributed by atoms with Gasteiger partial charge < -0.3 is 10.4 Å². The molecule has 2 atom stereocenters. The van der Waals surface area contributed by atoms with Crippen LogP contribution in [0.4, 0.5) is 0 Å². The van der Waals surface area contributed by atoms with Gasteiger partial charge in [-0.2, -0.15) is 11.8 Å². The average molecular weight is 265 g/mol. The molecule has 3 heteroatoms. The Morgan fingerprint density at radius 1 is 1.50 bits per heavy atom. The zero-order valence-electron chi connectivity index (χ0n) is 11.5. The van der Waals surface area contributed by atoms with Crippen LogP contribution in [0.3, 0.4) is 0 Å². The van der Waals surface area contributed by atoms with Crippen molar-refractivity contribution in [2.24, 2.45) is 0 Å². The summed E-state index contributed by atoms with van der Waals surface area (Å²) in [6, 6.07) is 5.99. The van der Waals surface area contributed by atoms with E-state index >= 15 is 0 Å². The number of phenolic OH excluding ortho intramolecular Hbond substituents is 1. The number of aryl methyl sites for hydroxylation is 1. The zero-order chi connectivity index (χ0) is 13.2. The number of phenols is 1. The second-order valence-corrected chi connectivity index (χ2v) is 7.25. The third-order valence-corrected chi connectivity index (χ3v) is 5.27. The van der Waals surface area contributed by atoms with E-state index < -0.39 is 0 Å². The molecule has 1 aromatic rings. The van der Waals surface area contributed by atoms with Crippen molar-refractivity contribution in [1.29, 1.82) is 0 Å². The molecule has 0 aliphatic carbocycles. The minimum atomic E-state index is 0.197. The molecule has 2 nitrogen and oxygen atoms in total. The van der Waals surface area contributed by atoms with Crippen LogP contribution < -0.4 is 5.32 Å². The van der Waals surface area contributed by atoms with Crippen molar-refractivity contribution >= 4 is 11.8 Å². The molecule has 1 heterocycles. The minimum absolute atomic E-state index is 0.197. The number of thioether (sulfide) groups is 1. The van der Waals surface area contributed by atoms with E-state index in [1.165, 1.54) is 24.2 Å². The van der Waals surface area contributed by atoms with E-state index in [4.69, 9.17) is 0 Å². The molecular weight excluding hydrogens is 242 g/mol. The molecule has 1 aliphatic heterocycles. The molecule has 18 heavy (non-hydrogen) atoms. The molecule has 1 aromatic carbocycles. The van der Waals surface area contributed by atoms with E-state index in [1.54, 1.807) is 6.07 Å². The Labute approximate surface area is 114 Å². The highest BCUT2D eigenvalue weighted by Crippen LogP contribution is 2.37. The van der Waals surface area contributed by atoms with E-state index in [1.807, 2.05) is 6.07 Å². The lowest BCUT2D eigenvalue weighted by Gasteiger charge is -2.26. The van der Waals surface area contributed by atoms with Gasteiger partial charge in [0.25, 0.3) is 0 Å². The van der Waals surface area contributed by atoms with Gasteiger partial charge in [0.2, 0.25) is 0 Å². The van der Waals surface area contributed by atoms with Crippen LogP contribution in [0.1, 0.15) is 43.9 Å². The summed E-state index contributed by atoms with van der Waals surface area (Å²) in [6.07, 6.45) is 2.62. The summed E-state index contributed by atoms with van der Waals surface area (Å²) in [5.74, 6) is 1.67. The molecule has 100 valence electrons. The average Bonchev–Trinajstić information content (AvgIpc) is 2.77. The van der Waals surface area contributed by atoms with Crippen LogP contribution in [0.25, 0.3) is 0 Å². The van der Waals surface area contributed by atoms with Gasteiger partial charge >= 0.3 is 0 Å². The van der Waals surface area contributed by atoms with Gasteiger partial charge in [0.15, 0.2) is 0 Å². The second-order valence-electron chi connectivity index (χ2n) is 5.57. The van der Waals surface area contributed by atoms with Gasteiger partial charge in [0.1, 0.15) is 5.75 Å². The first-order chi connectivity index (χ1) is 8.50. The predicted octanol–water partition coefficient (Wildman–Crippen LogP) is 3.64. The van der Waals surface area contributed by atoms with Gasteiger partial charge in [-0.15, -0.1) is 0 Å². The Bertz CT molecular complexity index is 413. The smallest absolute Gasteiger partial charge is 0.120 e. The molecule has 0 aromatic heterocycles. The molecule has 0 amide bonds. The van der Waals surface area contributed by atoms with Crippen molar-refractivity contribution < 1.29 is 5.11 Å². The molecule has 1 aliphatic rings. The summed E-state index contributed by atoms with van der Waals surface area (Å²) >= 11 is 2.06. The van der Waals surface area contributed by atoms with Gasteiger partial charge in [-0.3, -0.25) is 0 Å². The highest BCUT2D eigenvalue weighted by molar-refractivity contribution is 8.00. The lowest BCUT2D eigenvalue weighted by molar-refractivity contribution is 0.441. The minimum Gasteiger partial charge on any atom is -0.508 e. The highest BCUT2D eigenvalue weighted by atomic mass is 32.2. The summed E-state index contributed by atoms with van der Waals surface area (Å²) < 4.78 is 0.369. The topological polar surface area (TPSA) is 32.3 Å². The summed E-state index contributed by atoms with van der Waals surface area (Å²) in [5.41, 5.74) is 2.19. The van der Waals surface area contributed by atoms with E-state index in [0.717, 1.165) is 12.1 Å². The van der Waals surface area contributed by atoms with Crippen molar-refractivity contribution in [3.8, 4) is 5.75 Å². The monoisotopic (exact) mass is 265 g/mol. The van der Waals surface area contributed by atoms with Crippen LogP contribution in [-0.4, -0.2) is 22.2 Å². The first kappa shape index (κ1) is 13.8. The van der Waals surface area contributed by atoms with Crippen molar-refractivity contribution in [1.82, 2.24) is 5.32 Å². The SMILES string of the molecule is Cc1ccc(O)c(C(C)NCC2(C)CCCS2)c1. The third-order valence-electron chi connectivity index (χ3n) is 3.73. The number of aromatic hydroxyl groups is 1. The number of rotatable bonds is 4. The van der Waals surface area contributed by atoms with Crippen LogP contribution >= 0.6 is 11.8 Å². The lowest BCUT2D eigenvalue weighted by Crippen LogP contribution is -2.34. The van der Waals surface area contributed by atoms with Crippen LogP contribution in [0.5, 0.6) is 5.75 Å². The Kier molecular flexibility index (Phi) is 4.23.